The number of hydrogen-bond donors (Lipinski definition) is 1. The fourth-order valence-electron chi connectivity index (χ4n) is 1.43. The molecule has 0 aliphatic heterocycles. The van der Waals surface area contributed by atoms with Crippen LogP contribution in [0.1, 0.15) is 37.2 Å². The third-order valence-corrected chi connectivity index (χ3v) is 2.54. The Morgan fingerprint density at radius 1 is 1.64 bits per heavy atom. The van der Waals surface area contributed by atoms with Gasteiger partial charge in [-0.15, -0.1) is 0 Å². The second-order valence-electron chi connectivity index (χ2n) is 3.60. The first kappa shape index (κ1) is 10.8. The van der Waals surface area contributed by atoms with E-state index in [1.54, 1.807) is 6.33 Å². The Morgan fingerprint density at radius 3 is 2.71 bits per heavy atom. The molecular weight excluding hydrogens is 180 g/mol. The fourth-order valence-corrected chi connectivity index (χ4v) is 1.43. The quantitative estimate of drug-likeness (QED) is 0.800. The van der Waals surface area contributed by atoms with Gasteiger partial charge in [0.25, 0.3) is 0 Å². The van der Waals surface area contributed by atoms with E-state index in [1.165, 1.54) is 0 Å². The molecule has 0 saturated heterocycles. The minimum absolute atomic E-state index is 0.201. The van der Waals surface area contributed by atoms with Crippen molar-refractivity contribution in [1.82, 2.24) is 9.55 Å². The molecule has 1 rings (SSSR count). The molecule has 1 aromatic heterocycles. The average Bonchev–Trinajstić information content (AvgIpc) is 2.44. The number of carbonyl (C=O) groups is 1. The van der Waals surface area contributed by atoms with Crippen LogP contribution in [0.25, 0.3) is 0 Å². The lowest BCUT2D eigenvalue weighted by Crippen LogP contribution is -2.08. The highest BCUT2D eigenvalue weighted by Gasteiger charge is 2.10. The summed E-state index contributed by atoms with van der Waals surface area (Å²) in [6.45, 7) is 5.96. The van der Waals surface area contributed by atoms with Crippen molar-refractivity contribution in [2.75, 3.05) is 0 Å². The normalized spacial score (nSPS) is 12.8. The van der Waals surface area contributed by atoms with Crippen LogP contribution in [-0.2, 0) is 4.79 Å². The highest BCUT2D eigenvalue weighted by molar-refractivity contribution is 5.66. The third kappa shape index (κ3) is 2.34. The van der Waals surface area contributed by atoms with Gasteiger partial charge in [-0.2, -0.15) is 0 Å². The molecule has 4 nitrogen and oxygen atoms in total. The number of imidazole rings is 1. The van der Waals surface area contributed by atoms with Gasteiger partial charge >= 0.3 is 5.97 Å². The molecule has 0 aliphatic rings. The molecule has 1 aromatic rings. The predicted octanol–water partition coefficient (Wildman–Crippen LogP) is 1.93. The zero-order valence-electron chi connectivity index (χ0n) is 8.82. The number of hydrogen-bond acceptors (Lipinski definition) is 2. The van der Waals surface area contributed by atoms with Crippen LogP contribution < -0.4 is 0 Å². The van der Waals surface area contributed by atoms with E-state index < -0.39 is 5.97 Å². The van der Waals surface area contributed by atoms with Gasteiger partial charge in [0.05, 0.1) is 12.0 Å². The van der Waals surface area contributed by atoms with Gasteiger partial charge in [-0.05, 0) is 27.2 Å². The minimum atomic E-state index is -0.744. The molecule has 4 heteroatoms. The van der Waals surface area contributed by atoms with Crippen LogP contribution in [0.4, 0.5) is 0 Å². The molecule has 0 amide bonds. The summed E-state index contributed by atoms with van der Waals surface area (Å²) in [6.07, 6.45) is 2.63. The summed E-state index contributed by atoms with van der Waals surface area (Å²) < 4.78 is 2.03. The summed E-state index contributed by atoms with van der Waals surface area (Å²) in [4.78, 5) is 14.6. The van der Waals surface area contributed by atoms with Crippen LogP contribution in [0.3, 0.4) is 0 Å². The first-order chi connectivity index (χ1) is 6.52. The molecular formula is C10H16N2O2. The highest BCUT2D eigenvalue weighted by atomic mass is 16.4. The summed E-state index contributed by atoms with van der Waals surface area (Å²) in [5, 5.41) is 8.56. The predicted molar refractivity (Wildman–Crippen MR) is 53.3 cm³/mol. The number of aromatic nitrogens is 2. The SMILES string of the molecule is Cc1ncn(C(C)CCC(=O)O)c1C. The molecule has 1 heterocycles. The molecule has 0 radical (unpaired) electrons. The lowest BCUT2D eigenvalue weighted by atomic mass is 10.2. The Balaban J connectivity index is 2.65. The van der Waals surface area contributed by atoms with Crippen molar-refractivity contribution in [2.24, 2.45) is 0 Å². The van der Waals surface area contributed by atoms with Gasteiger partial charge < -0.3 is 9.67 Å². The van der Waals surface area contributed by atoms with Crippen molar-refractivity contribution in [3.63, 3.8) is 0 Å². The molecule has 0 spiro atoms. The maximum Gasteiger partial charge on any atom is 0.303 e. The number of rotatable bonds is 4. The highest BCUT2D eigenvalue weighted by Crippen LogP contribution is 2.16. The molecule has 78 valence electrons. The zero-order chi connectivity index (χ0) is 10.7. The smallest absolute Gasteiger partial charge is 0.303 e. The average molecular weight is 196 g/mol. The van der Waals surface area contributed by atoms with E-state index in [9.17, 15) is 4.79 Å². The maximum atomic E-state index is 10.4. The van der Waals surface area contributed by atoms with Crippen LogP contribution in [0.15, 0.2) is 6.33 Å². The van der Waals surface area contributed by atoms with E-state index in [2.05, 4.69) is 4.98 Å². The van der Waals surface area contributed by atoms with Crippen molar-refractivity contribution in [3.8, 4) is 0 Å². The second kappa shape index (κ2) is 4.26. The monoisotopic (exact) mass is 196 g/mol. The largest absolute Gasteiger partial charge is 0.481 e. The van der Waals surface area contributed by atoms with Crippen molar-refractivity contribution < 1.29 is 9.90 Å². The van der Waals surface area contributed by atoms with E-state index in [-0.39, 0.29) is 12.5 Å². The summed E-state index contributed by atoms with van der Waals surface area (Å²) >= 11 is 0. The van der Waals surface area contributed by atoms with Gasteiger partial charge in [-0.3, -0.25) is 4.79 Å². The first-order valence-electron chi connectivity index (χ1n) is 4.74. The van der Waals surface area contributed by atoms with Crippen LogP contribution >= 0.6 is 0 Å². The number of carboxylic acid groups (broad SMARTS) is 1. The fraction of sp³-hybridized carbons (Fsp3) is 0.600. The van der Waals surface area contributed by atoms with Gasteiger partial charge in [0.1, 0.15) is 0 Å². The lowest BCUT2D eigenvalue weighted by molar-refractivity contribution is -0.137. The molecule has 0 bridgehead atoms. The number of carboxylic acids is 1. The summed E-state index contributed by atoms with van der Waals surface area (Å²) in [5.41, 5.74) is 2.12. The van der Waals surface area contributed by atoms with Gasteiger partial charge in [0, 0.05) is 18.2 Å². The molecule has 0 aromatic carbocycles. The Morgan fingerprint density at radius 2 is 2.29 bits per heavy atom. The number of nitrogens with zero attached hydrogens (tertiary/aromatic N) is 2. The van der Waals surface area contributed by atoms with E-state index in [0.717, 1.165) is 11.4 Å². The molecule has 14 heavy (non-hydrogen) atoms. The number of aliphatic carboxylic acids is 1. The Hall–Kier alpha value is -1.32. The van der Waals surface area contributed by atoms with Crippen LogP contribution in [0, 0.1) is 13.8 Å². The van der Waals surface area contributed by atoms with Crippen molar-refractivity contribution in [3.05, 3.63) is 17.7 Å². The molecule has 1 unspecified atom stereocenters. The van der Waals surface area contributed by atoms with Gasteiger partial charge in [-0.1, -0.05) is 0 Å². The minimum Gasteiger partial charge on any atom is -0.481 e. The van der Waals surface area contributed by atoms with Crippen LogP contribution in [0.2, 0.25) is 0 Å². The lowest BCUT2D eigenvalue weighted by Gasteiger charge is -2.13. The van der Waals surface area contributed by atoms with E-state index in [1.807, 2.05) is 25.3 Å². The first-order valence-corrected chi connectivity index (χ1v) is 4.74. The Kier molecular flexibility index (Phi) is 3.28. The Bertz CT molecular complexity index is 331. The van der Waals surface area contributed by atoms with Crippen molar-refractivity contribution in [1.29, 1.82) is 0 Å². The zero-order valence-corrected chi connectivity index (χ0v) is 8.82. The molecule has 1 N–H and O–H groups in total. The van der Waals surface area contributed by atoms with Crippen molar-refractivity contribution >= 4 is 5.97 Å². The summed E-state index contributed by atoms with van der Waals surface area (Å²) in [5.74, 6) is -0.744. The Labute approximate surface area is 83.6 Å². The van der Waals surface area contributed by atoms with Crippen LogP contribution in [-0.4, -0.2) is 20.6 Å². The van der Waals surface area contributed by atoms with E-state index in [0.29, 0.717) is 6.42 Å². The summed E-state index contributed by atoms with van der Waals surface area (Å²) in [7, 11) is 0. The van der Waals surface area contributed by atoms with E-state index >= 15 is 0 Å². The second-order valence-corrected chi connectivity index (χ2v) is 3.60. The maximum absolute atomic E-state index is 10.4. The molecule has 0 saturated carbocycles. The van der Waals surface area contributed by atoms with Crippen molar-refractivity contribution in [2.45, 2.75) is 39.7 Å². The molecule has 1 atom stereocenters. The molecule has 0 fully saturated rings. The molecule has 0 aliphatic carbocycles. The number of aryl methyl sites for hydroxylation is 1. The summed E-state index contributed by atoms with van der Waals surface area (Å²) in [6, 6.07) is 0.201. The third-order valence-electron chi connectivity index (χ3n) is 2.54. The van der Waals surface area contributed by atoms with Gasteiger partial charge in [0.2, 0.25) is 0 Å². The standard InChI is InChI=1S/C10H16N2O2/c1-7(4-5-10(13)14)12-6-11-8(2)9(12)3/h6-7H,4-5H2,1-3H3,(H,13,14). The van der Waals surface area contributed by atoms with E-state index in [4.69, 9.17) is 5.11 Å². The van der Waals surface area contributed by atoms with Gasteiger partial charge in [0.15, 0.2) is 0 Å². The topological polar surface area (TPSA) is 55.1 Å². The van der Waals surface area contributed by atoms with Crippen LogP contribution in [0.5, 0.6) is 0 Å². The van der Waals surface area contributed by atoms with Gasteiger partial charge in [-0.25, -0.2) is 4.98 Å².